The van der Waals surface area contributed by atoms with E-state index in [0.717, 1.165) is 54.6 Å². The largest absolute Gasteiger partial charge is 0.359 e. The molecule has 0 radical (unpaired) electrons. The average molecular weight is 363 g/mol. The number of nitrogens with zero attached hydrogens (tertiary/aromatic N) is 3. The number of thiazole rings is 1. The van der Waals surface area contributed by atoms with E-state index in [2.05, 4.69) is 45.1 Å². The Labute approximate surface area is 157 Å². The van der Waals surface area contributed by atoms with Crippen LogP contribution < -0.4 is 4.90 Å². The summed E-state index contributed by atoms with van der Waals surface area (Å²) in [6.45, 7) is 4.80. The summed E-state index contributed by atoms with van der Waals surface area (Å²) in [6, 6.07) is 20.6. The van der Waals surface area contributed by atoms with E-state index in [1.54, 1.807) is 11.3 Å². The zero-order valence-corrected chi connectivity index (χ0v) is 15.4. The van der Waals surface area contributed by atoms with E-state index in [-0.39, 0.29) is 0 Å². The highest BCUT2D eigenvalue weighted by Crippen LogP contribution is 2.34. The van der Waals surface area contributed by atoms with Crippen molar-refractivity contribution in [2.75, 3.05) is 31.1 Å². The van der Waals surface area contributed by atoms with Crippen LogP contribution in [0.3, 0.4) is 0 Å². The van der Waals surface area contributed by atoms with Crippen molar-refractivity contribution < 1.29 is 4.79 Å². The van der Waals surface area contributed by atoms with Gasteiger partial charge in [-0.25, -0.2) is 4.98 Å². The predicted octanol–water partition coefficient (Wildman–Crippen LogP) is 3.94. The summed E-state index contributed by atoms with van der Waals surface area (Å²) in [5.41, 5.74) is 2.97. The molecule has 4 nitrogen and oxygen atoms in total. The van der Waals surface area contributed by atoms with Crippen molar-refractivity contribution >= 4 is 22.6 Å². The maximum Gasteiger partial charge on any atom is 0.171 e. The lowest BCUT2D eigenvalue weighted by Gasteiger charge is -2.35. The lowest BCUT2D eigenvalue weighted by Crippen LogP contribution is -2.46. The van der Waals surface area contributed by atoms with Gasteiger partial charge in [0.25, 0.3) is 0 Å². The van der Waals surface area contributed by atoms with E-state index in [4.69, 9.17) is 0 Å². The van der Waals surface area contributed by atoms with E-state index in [1.807, 2.05) is 30.3 Å². The second-order valence-corrected chi connectivity index (χ2v) is 7.42. The van der Waals surface area contributed by atoms with Gasteiger partial charge in [-0.2, -0.15) is 0 Å². The fourth-order valence-electron chi connectivity index (χ4n) is 3.28. The average Bonchev–Trinajstić information content (AvgIpc) is 3.15. The van der Waals surface area contributed by atoms with Crippen molar-refractivity contribution in [3.8, 4) is 10.6 Å². The molecule has 0 unspecified atom stereocenters. The first-order valence-electron chi connectivity index (χ1n) is 8.86. The third-order valence-corrected chi connectivity index (χ3v) is 5.86. The summed E-state index contributed by atoms with van der Waals surface area (Å²) in [5, 5.41) is 1.91. The van der Waals surface area contributed by atoms with Crippen LogP contribution in [0.5, 0.6) is 0 Å². The van der Waals surface area contributed by atoms with E-state index in [9.17, 15) is 4.79 Å². The molecule has 0 bridgehead atoms. The number of piperazine rings is 1. The number of aldehydes is 1. The zero-order valence-electron chi connectivity index (χ0n) is 14.5. The second kappa shape index (κ2) is 7.81. The third kappa shape index (κ3) is 3.69. The first-order chi connectivity index (χ1) is 12.8. The Morgan fingerprint density at radius 2 is 1.58 bits per heavy atom. The minimum Gasteiger partial charge on any atom is -0.359 e. The summed E-state index contributed by atoms with van der Waals surface area (Å²) in [6.07, 6.45) is 0.884. The van der Waals surface area contributed by atoms with Crippen molar-refractivity contribution in [2.24, 2.45) is 0 Å². The Hall–Kier alpha value is -2.50. The van der Waals surface area contributed by atoms with E-state index >= 15 is 0 Å². The van der Waals surface area contributed by atoms with Crippen molar-refractivity contribution in [3.63, 3.8) is 0 Å². The van der Waals surface area contributed by atoms with Crippen molar-refractivity contribution in [1.29, 1.82) is 0 Å². The summed E-state index contributed by atoms with van der Waals surface area (Å²) in [7, 11) is 0. The molecule has 1 saturated heterocycles. The molecule has 0 N–H and O–H groups in total. The molecule has 132 valence electrons. The van der Waals surface area contributed by atoms with Crippen LogP contribution in [-0.2, 0) is 6.54 Å². The molecule has 0 saturated carbocycles. The van der Waals surface area contributed by atoms with E-state index in [1.165, 1.54) is 5.56 Å². The highest BCUT2D eigenvalue weighted by atomic mass is 32.1. The van der Waals surface area contributed by atoms with Gasteiger partial charge in [0.1, 0.15) is 15.7 Å². The van der Waals surface area contributed by atoms with Gasteiger partial charge in [0, 0.05) is 38.3 Å². The number of aromatic nitrogens is 1. The SMILES string of the molecule is O=Cc1nc(-c2ccccc2)sc1N1CCN(Cc2ccccc2)CC1. The molecule has 0 spiro atoms. The van der Waals surface area contributed by atoms with Gasteiger partial charge in [-0.3, -0.25) is 9.69 Å². The number of rotatable bonds is 5. The molecule has 0 aliphatic carbocycles. The molecular weight excluding hydrogens is 342 g/mol. The minimum atomic E-state index is 0.561. The molecule has 1 aliphatic rings. The van der Waals surface area contributed by atoms with Crippen molar-refractivity contribution in [1.82, 2.24) is 9.88 Å². The summed E-state index contributed by atoms with van der Waals surface area (Å²) in [4.78, 5) is 20.8. The molecule has 2 heterocycles. The van der Waals surface area contributed by atoms with Gasteiger partial charge in [-0.1, -0.05) is 72.0 Å². The number of benzene rings is 2. The van der Waals surface area contributed by atoms with Crippen LogP contribution in [0.2, 0.25) is 0 Å². The normalized spacial score (nSPS) is 15.2. The molecule has 5 heteroatoms. The van der Waals surface area contributed by atoms with Crippen molar-refractivity contribution in [2.45, 2.75) is 6.54 Å². The number of anilines is 1. The summed E-state index contributed by atoms with van der Waals surface area (Å²) >= 11 is 1.61. The lowest BCUT2D eigenvalue weighted by molar-refractivity contribution is 0.112. The monoisotopic (exact) mass is 363 g/mol. The Morgan fingerprint density at radius 3 is 2.23 bits per heavy atom. The van der Waals surface area contributed by atoms with E-state index < -0.39 is 0 Å². The van der Waals surface area contributed by atoms with E-state index in [0.29, 0.717) is 5.69 Å². The molecule has 1 aliphatic heterocycles. The Kier molecular flexibility index (Phi) is 5.09. The van der Waals surface area contributed by atoms with Crippen LogP contribution in [0.25, 0.3) is 10.6 Å². The molecule has 3 aromatic rings. The number of hydrogen-bond donors (Lipinski definition) is 0. The van der Waals surface area contributed by atoms with Gasteiger partial charge >= 0.3 is 0 Å². The van der Waals surface area contributed by atoms with Crippen LogP contribution in [0.4, 0.5) is 5.00 Å². The van der Waals surface area contributed by atoms with Crippen LogP contribution in [0.1, 0.15) is 16.1 Å². The smallest absolute Gasteiger partial charge is 0.171 e. The molecular formula is C21H21N3OS. The predicted molar refractivity (Wildman–Crippen MR) is 107 cm³/mol. The Balaban J connectivity index is 1.46. The summed E-state index contributed by atoms with van der Waals surface area (Å²) < 4.78 is 0. The highest BCUT2D eigenvalue weighted by molar-refractivity contribution is 7.19. The van der Waals surface area contributed by atoms with Crippen molar-refractivity contribution in [3.05, 3.63) is 71.9 Å². The van der Waals surface area contributed by atoms with Crippen LogP contribution in [0.15, 0.2) is 60.7 Å². The second-order valence-electron chi connectivity index (χ2n) is 6.44. The summed E-state index contributed by atoms with van der Waals surface area (Å²) in [5.74, 6) is 0. The quantitative estimate of drug-likeness (QED) is 0.643. The van der Waals surface area contributed by atoms with Gasteiger partial charge < -0.3 is 4.90 Å². The molecule has 1 fully saturated rings. The Bertz CT molecular complexity index is 855. The minimum absolute atomic E-state index is 0.561. The van der Waals surface area contributed by atoms with Gasteiger partial charge in [-0.05, 0) is 5.56 Å². The Morgan fingerprint density at radius 1 is 0.923 bits per heavy atom. The number of carbonyl (C=O) groups excluding carboxylic acids is 1. The molecule has 0 amide bonds. The van der Waals surface area contributed by atoms with Crippen LogP contribution >= 0.6 is 11.3 Å². The number of carbonyl (C=O) groups is 1. The third-order valence-electron chi connectivity index (χ3n) is 4.68. The molecule has 2 aromatic carbocycles. The standard InChI is InChI=1S/C21H21N3OS/c25-16-19-21(26-20(22-19)18-9-5-2-6-10-18)24-13-11-23(12-14-24)15-17-7-3-1-4-8-17/h1-10,16H,11-15H2. The van der Waals surface area contributed by atoms with Gasteiger partial charge in [-0.15, -0.1) is 0 Å². The first-order valence-corrected chi connectivity index (χ1v) is 9.68. The maximum absolute atomic E-state index is 11.5. The lowest BCUT2D eigenvalue weighted by atomic mass is 10.2. The first kappa shape index (κ1) is 16.9. The zero-order chi connectivity index (χ0) is 17.8. The fourth-order valence-corrected chi connectivity index (χ4v) is 4.37. The fraction of sp³-hybridized carbons (Fsp3) is 0.238. The topological polar surface area (TPSA) is 36.4 Å². The highest BCUT2D eigenvalue weighted by Gasteiger charge is 2.22. The molecule has 4 rings (SSSR count). The van der Waals surface area contributed by atoms with Gasteiger partial charge in [0.15, 0.2) is 6.29 Å². The number of hydrogen-bond acceptors (Lipinski definition) is 5. The van der Waals surface area contributed by atoms with Gasteiger partial charge in [0.05, 0.1) is 0 Å². The maximum atomic E-state index is 11.5. The molecule has 26 heavy (non-hydrogen) atoms. The molecule has 1 aromatic heterocycles. The van der Waals surface area contributed by atoms with Crippen LogP contribution in [-0.4, -0.2) is 42.3 Å². The molecule has 0 atom stereocenters. The van der Waals surface area contributed by atoms with Crippen LogP contribution in [0, 0.1) is 0 Å². The van der Waals surface area contributed by atoms with Gasteiger partial charge in [0.2, 0.25) is 0 Å².